The van der Waals surface area contributed by atoms with Crippen molar-refractivity contribution in [3.8, 4) is 0 Å². The van der Waals surface area contributed by atoms with Gasteiger partial charge in [0.05, 0.1) is 6.04 Å². The zero-order chi connectivity index (χ0) is 13.7. The molecule has 4 nitrogen and oxygen atoms in total. The monoisotopic (exact) mass is 267 g/mol. The standard InChI is InChI=1S/C15H29N3O/c1-12(18-9-7-13(11-16)8-10-18)15(19)17-14-5-3-2-4-6-14/h12-14H,2-11,16H2,1H3,(H,17,19). The molecule has 2 fully saturated rings. The Balaban J connectivity index is 1.75. The van der Waals surface area contributed by atoms with Crippen molar-refractivity contribution in [2.45, 2.75) is 64.0 Å². The molecule has 19 heavy (non-hydrogen) atoms. The van der Waals surface area contributed by atoms with E-state index in [1.165, 1.54) is 19.3 Å². The number of amides is 1. The van der Waals surface area contributed by atoms with Crippen LogP contribution in [0.4, 0.5) is 0 Å². The Kier molecular flexibility index (Phi) is 5.64. The summed E-state index contributed by atoms with van der Waals surface area (Å²) in [5.41, 5.74) is 5.71. The Morgan fingerprint density at radius 1 is 1.21 bits per heavy atom. The zero-order valence-corrected chi connectivity index (χ0v) is 12.2. The van der Waals surface area contributed by atoms with E-state index in [4.69, 9.17) is 5.73 Å². The lowest BCUT2D eigenvalue weighted by atomic mass is 9.94. The minimum atomic E-state index is 0.0145. The normalized spacial score (nSPS) is 25.2. The van der Waals surface area contributed by atoms with Crippen LogP contribution < -0.4 is 11.1 Å². The van der Waals surface area contributed by atoms with Crippen molar-refractivity contribution in [1.82, 2.24) is 10.2 Å². The summed E-state index contributed by atoms with van der Waals surface area (Å²) in [4.78, 5) is 14.6. The molecule has 110 valence electrons. The van der Waals surface area contributed by atoms with Crippen LogP contribution in [0.5, 0.6) is 0 Å². The van der Waals surface area contributed by atoms with Gasteiger partial charge in [-0.1, -0.05) is 19.3 Å². The summed E-state index contributed by atoms with van der Waals surface area (Å²) in [6, 6.07) is 0.436. The van der Waals surface area contributed by atoms with Gasteiger partial charge in [0.15, 0.2) is 0 Å². The predicted molar refractivity (Wildman–Crippen MR) is 77.8 cm³/mol. The van der Waals surface area contributed by atoms with Gasteiger partial charge in [-0.3, -0.25) is 9.69 Å². The van der Waals surface area contributed by atoms with Crippen LogP contribution in [0.1, 0.15) is 51.9 Å². The molecule has 4 heteroatoms. The first-order valence-electron chi connectivity index (χ1n) is 7.95. The van der Waals surface area contributed by atoms with Crippen molar-refractivity contribution in [3.63, 3.8) is 0 Å². The highest BCUT2D eigenvalue weighted by molar-refractivity contribution is 5.81. The molecule has 1 saturated heterocycles. The molecule has 3 N–H and O–H groups in total. The summed E-state index contributed by atoms with van der Waals surface area (Å²) in [5, 5.41) is 3.24. The third-order valence-corrected chi connectivity index (χ3v) is 4.86. The Bertz CT molecular complexity index is 281. The maximum absolute atomic E-state index is 12.3. The van der Waals surface area contributed by atoms with Crippen LogP contribution in [0.2, 0.25) is 0 Å². The third kappa shape index (κ3) is 4.18. The fraction of sp³-hybridized carbons (Fsp3) is 0.933. The van der Waals surface area contributed by atoms with E-state index in [0.717, 1.165) is 45.3 Å². The lowest BCUT2D eigenvalue weighted by molar-refractivity contribution is -0.127. The van der Waals surface area contributed by atoms with E-state index in [2.05, 4.69) is 10.2 Å². The maximum atomic E-state index is 12.3. The van der Waals surface area contributed by atoms with Gasteiger partial charge in [0.2, 0.25) is 5.91 Å². The molecule has 2 rings (SSSR count). The lowest BCUT2D eigenvalue weighted by Crippen LogP contribution is -2.51. The number of nitrogens with one attached hydrogen (secondary N) is 1. The van der Waals surface area contributed by atoms with Gasteiger partial charge in [0.1, 0.15) is 0 Å². The second-order valence-corrected chi connectivity index (χ2v) is 6.23. The molecule has 0 aromatic heterocycles. The first-order valence-corrected chi connectivity index (χ1v) is 7.95. The third-order valence-electron chi connectivity index (χ3n) is 4.86. The van der Waals surface area contributed by atoms with E-state index in [-0.39, 0.29) is 11.9 Å². The number of nitrogens with two attached hydrogens (primary N) is 1. The smallest absolute Gasteiger partial charge is 0.237 e. The number of carbonyl (C=O) groups is 1. The van der Waals surface area contributed by atoms with Gasteiger partial charge < -0.3 is 11.1 Å². The number of likely N-dealkylation sites (tertiary alicyclic amines) is 1. The van der Waals surface area contributed by atoms with Crippen LogP contribution in [0.15, 0.2) is 0 Å². The van der Waals surface area contributed by atoms with Gasteiger partial charge >= 0.3 is 0 Å². The van der Waals surface area contributed by atoms with E-state index >= 15 is 0 Å². The average molecular weight is 267 g/mol. The van der Waals surface area contributed by atoms with Crippen LogP contribution in [-0.4, -0.2) is 42.5 Å². The van der Waals surface area contributed by atoms with Gasteiger partial charge in [0.25, 0.3) is 0 Å². The highest BCUT2D eigenvalue weighted by Gasteiger charge is 2.27. The molecule has 1 aliphatic carbocycles. The molecule has 1 atom stereocenters. The van der Waals surface area contributed by atoms with Crippen molar-refractivity contribution in [3.05, 3.63) is 0 Å². The summed E-state index contributed by atoms with van der Waals surface area (Å²) >= 11 is 0. The van der Waals surface area contributed by atoms with Crippen LogP contribution in [0, 0.1) is 5.92 Å². The van der Waals surface area contributed by atoms with Crippen LogP contribution in [0.25, 0.3) is 0 Å². The Hall–Kier alpha value is -0.610. The minimum Gasteiger partial charge on any atom is -0.352 e. The van der Waals surface area contributed by atoms with Crippen LogP contribution in [0.3, 0.4) is 0 Å². The Morgan fingerprint density at radius 3 is 2.42 bits per heavy atom. The molecule has 1 amide bonds. The Labute approximate surface area is 117 Å². The fourth-order valence-corrected chi connectivity index (χ4v) is 3.31. The molecular weight excluding hydrogens is 238 g/mol. The molecule has 0 bridgehead atoms. The fourth-order valence-electron chi connectivity index (χ4n) is 3.31. The van der Waals surface area contributed by atoms with E-state index in [0.29, 0.717) is 12.0 Å². The molecule has 1 heterocycles. The second-order valence-electron chi connectivity index (χ2n) is 6.23. The van der Waals surface area contributed by atoms with E-state index in [1.807, 2.05) is 6.92 Å². The molecule has 0 aromatic carbocycles. The first-order chi connectivity index (χ1) is 9.20. The van der Waals surface area contributed by atoms with Gasteiger partial charge in [-0.05, 0) is 58.2 Å². The molecule has 0 radical (unpaired) electrons. The summed E-state index contributed by atoms with van der Waals surface area (Å²) in [6.07, 6.45) is 8.45. The van der Waals surface area contributed by atoms with Gasteiger partial charge in [-0.25, -0.2) is 0 Å². The summed E-state index contributed by atoms with van der Waals surface area (Å²) in [7, 11) is 0. The molecule has 0 aromatic rings. The average Bonchev–Trinajstić information content (AvgIpc) is 2.47. The Morgan fingerprint density at radius 2 is 1.84 bits per heavy atom. The van der Waals surface area contributed by atoms with Gasteiger partial charge in [-0.15, -0.1) is 0 Å². The number of rotatable bonds is 4. The number of carbonyl (C=O) groups excluding carboxylic acids is 1. The van der Waals surface area contributed by atoms with Crippen molar-refractivity contribution in [1.29, 1.82) is 0 Å². The van der Waals surface area contributed by atoms with Crippen molar-refractivity contribution >= 4 is 5.91 Å². The number of hydrogen-bond acceptors (Lipinski definition) is 3. The lowest BCUT2D eigenvalue weighted by Gasteiger charge is -2.35. The number of hydrogen-bond donors (Lipinski definition) is 2. The van der Waals surface area contributed by atoms with E-state index in [1.54, 1.807) is 0 Å². The van der Waals surface area contributed by atoms with Crippen LogP contribution >= 0.6 is 0 Å². The van der Waals surface area contributed by atoms with Gasteiger partial charge in [-0.2, -0.15) is 0 Å². The maximum Gasteiger partial charge on any atom is 0.237 e. The first kappa shape index (κ1) is 14.8. The quantitative estimate of drug-likeness (QED) is 0.811. The van der Waals surface area contributed by atoms with E-state index < -0.39 is 0 Å². The SMILES string of the molecule is CC(C(=O)NC1CCCCC1)N1CCC(CN)CC1. The molecule has 1 saturated carbocycles. The molecule has 1 unspecified atom stereocenters. The topological polar surface area (TPSA) is 58.4 Å². The summed E-state index contributed by atoms with van der Waals surface area (Å²) in [5.74, 6) is 0.878. The van der Waals surface area contributed by atoms with Gasteiger partial charge in [0, 0.05) is 6.04 Å². The highest BCUT2D eigenvalue weighted by atomic mass is 16.2. The minimum absolute atomic E-state index is 0.0145. The van der Waals surface area contributed by atoms with Crippen LogP contribution in [-0.2, 0) is 4.79 Å². The van der Waals surface area contributed by atoms with E-state index in [9.17, 15) is 4.79 Å². The number of piperidine rings is 1. The van der Waals surface area contributed by atoms with Crippen molar-refractivity contribution in [2.75, 3.05) is 19.6 Å². The summed E-state index contributed by atoms with van der Waals surface area (Å²) < 4.78 is 0. The predicted octanol–water partition coefficient (Wildman–Crippen LogP) is 1.49. The largest absolute Gasteiger partial charge is 0.352 e. The zero-order valence-electron chi connectivity index (χ0n) is 12.2. The molecular formula is C15H29N3O. The second kappa shape index (κ2) is 7.25. The number of nitrogens with zero attached hydrogens (tertiary/aromatic N) is 1. The summed E-state index contributed by atoms with van der Waals surface area (Å²) in [6.45, 7) is 4.86. The molecule has 0 spiro atoms. The highest BCUT2D eigenvalue weighted by Crippen LogP contribution is 2.20. The molecule has 1 aliphatic heterocycles. The van der Waals surface area contributed by atoms with Crippen molar-refractivity contribution in [2.24, 2.45) is 11.7 Å². The molecule has 2 aliphatic rings. The van der Waals surface area contributed by atoms with Crippen molar-refractivity contribution < 1.29 is 4.79 Å².